The van der Waals surface area contributed by atoms with Gasteiger partial charge in [-0.3, -0.25) is 9.59 Å². The van der Waals surface area contributed by atoms with Gasteiger partial charge in [-0.05, 0) is 13.3 Å². The van der Waals surface area contributed by atoms with Gasteiger partial charge in [0, 0.05) is 19.3 Å². The highest BCUT2D eigenvalue weighted by Gasteiger charge is 2.18. The van der Waals surface area contributed by atoms with Gasteiger partial charge in [0.25, 0.3) is 0 Å². The maximum atomic E-state index is 11.2. The first-order valence-electron chi connectivity index (χ1n) is 4.83. The summed E-state index contributed by atoms with van der Waals surface area (Å²) >= 11 is 4.10. The molecule has 82 valence electrons. The summed E-state index contributed by atoms with van der Waals surface area (Å²) in [6, 6.07) is 0. The van der Waals surface area contributed by atoms with Crippen LogP contribution in [0, 0.1) is 5.92 Å². The highest BCUT2D eigenvalue weighted by molar-refractivity contribution is 7.80. The third kappa shape index (κ3) is 6.02. The Bertz CT molecular complexity index is 204. The van der Waals surface area contributed by atoms with Crippen LogP contribution in [0.4, 0.5) is 0 Å². The summed E-state index contributed by atoms with van der Waals surface area (Å²) < 4.78 is 4.85. The van der Waals surface area contributed by atoms with Gasteiger partial charge in [0.2, 0.25) is 0 Å². The first kappa shape index (κ1) is 13.5. The SMILES string of the molecule is CCCC(CC(S)OC(C)=O)C(C)=O. The average molecular weight is 218 g/mol. The third-order valence-electron chi connectivity index (χ3n) is 2.00. The molecule has 0 bridgehead atoms. The fourth-order valence-electron chi connectivity index (χ4n) is 1.32. The van der Waals surface area contributed by atoms with Crippen LogP contribution in [-0.2, 0) is 14.3 Å². The summed E-state index contributed by atoms with van der Waals surface area (Å²) in [6.45, 7) is 4.93. The topological polar surface area (TPSA) is 43.4 Å². The van der Waals surface area contributed by atoms with Crippen molar-refractivity contribution in [1.82, 2.24) is 0 Å². The number of hydrogen-bond donors (Lipinski definition) is 1. The van der Waals surface area contributed by atoms with Crippen LogP contribution in [0.5, 0.6) is 0 Å². The summed E-state index contributed by atoms with van der Waals surface area (Å²) in [5, 5.41) is 0. The zero-order valence-corrected chi connectivity index (χ0v) is 9.84. The van der Waals surface area contributed by atoms with Crippen molar-refractivity contribution in [1.29, 1.82) is 0 Å². The maximum absolute atomic E-state index is 11.2. The van der Waals surface area contributed by atoms with Crippen LogP contribution < -0.4 is 0 Å². The van der Waals surface area contributed by atoms with Crippen molar-refractivity contribution in [2.45, 2.75) is 45.5 Å². The lowest BCUT2D eigenvalue weighted by Crippen LogP contribution is -2.19. The van der Waals surface area contributed by atoms with E-state index in [2.05, 4.69) is 12.6 Å². The summed E-state index contributed by atoms with van der Waals surface area (Å²) in [7, 11) is 0. The van der Waals surface area contributed by atoms with Crippen LogP contribution in [0.3, 0.4) is 0 Å². The van der Waals surface area contributed by atoms with Gasteiger partial charge in [-0.1, -0.05) is 13.3 Å². The molecule has 0 aliphatic rings. The van der Waals surface area contributed by atoms with Gasteiger partial charge < -0.3 is 4.74 Å². The van der Waals surface area contributed by atoms with E-state index in [0.29, 0.717) is 6.42 Å². The molecule has 0 heterocycles. The van der Waals surface area contributed by atoms with E-state index >= 15 is 0 Å². The van der Waals surface area contributed by atoms with Crippen LogP contribution in [0.1, 0.15) is 40.0 Å². The fourth-order valence-corrected chi connectivity index (χ4v) is 1.72. The van der Waals surface area contributed by atoms with E-state index in [1.807, 2.05) is 6.92 Å². The number of Topliss-reactive ketones (excluding diaryl/α,β-unsaturated/α-hetero) is 1. The lowest BCUT2D eigenvalue weighted by molar-refractivity contribution is -0.143. The molecule has 3 nitrogen and oxygen atoms in total. The number of esters is 1. The molecule has 0 saturated heterocycles. The lowest BCUT2D eigenvalue weighted by atomic mass is 9.96. The van der Waals surface area contributed by atoms with Gasteiger partial charge >= 0.3 is 5.97 Å². The molecule has 2 atom stereocenters. The van der Waals surface area contributed by atoms with Crippen LogP contribution in [0.15, 0.2) is 0 Å². The van der Waals surface area contributed by atoms with Crippen molar-refractivity contribution < 1.29 is 14.3 Å². The zero-order chi connectivity index (χ0) is 11.1. The molecule has 0 aromatic rings. The Hall–Kier alpha value is -0.510. The van der Waals surface area contributed by atoms with E-state index in [1.54, 1.807) is 6.92 Å². The standard InChI is InChI=1S/C10H18O3S/c1-4-5-9(7(2)11)6-10(14)13-8(3)12/h9-10,14H,4-6H2,1-3H3. The Kier molecular flexibility index (Phi) is 6.62. The van der Waals surface area contributed by atoms with Crippen molar-refractivity contribution >= 4 is 24.4 Å². The van der Waals surface area contributed by atoms with E-state index in [0.717, 1.165) is 12.8 Å². The largest absolute Gasteiger partial charge is 0.452 e. The van der Waals surface area contributed by atoms with E-state index in [1.165, 1.54) is 6.92 Å². The molecule has 0 radical (unpaired) electrons. The van der Waals surface area contributed by atoms with E-state index in [9.17, 15) is 9.59 Å². The fraction of sp³-hybridized carbons (Fsp3) is 0.800. The minimum Gasteiger partial charge on any atom is -0.452 e. The molecule has 0 amide bonds. The number of hydrogen-bond acceptors (Lipinski definition) is 4. The highest BCUT2D eigenvalue weighted by Crippen LogP contribution is 2.18. The van der Waals surface area contributed by atoms with Crippen LogP contribution in [0.25, 0.3) is 0 Å². The molecule has 2 unspecified atom stereocenters. The number of ether oxygens (including phenoxy) is 1. The summed E-state index contributed by atoms with van der Waals surface area (Å²) in [5.74, 6) is -0.260. The number of carbonyl (C=O) groups excluding carboxylic acids is 2. The molecule has 14 heavy (non-hydrogen) atoms. The van der Waals surface area contributed by atoms with E-state index in [4.69, 9.17) is 4.74 Å². The molecule has 0 rings (SSSR count). The smallest absolute Gasteiger partial charge is 0.303 e. The zero-order valence-electron chi connectivity index (χ0n) is 8.95. The second-order valence-electron chi connectivity index (χ2n) is 3.40. The minimum atomic E-state index is -0.465. The molecule has 0 aliphatic heterocycles. The molecule has 0 fully saturated rings. The van der Waals surface area contributed by atoms with Crippen molar-refractivity contribution in [3.8, 4) is 0 Å². The van der Waals surface area contributed by atoms with Gasteiger partial charge in [-0.15, -0.1) is 12.6 Å². The van der Waals surface area contributed by atoms with Gasteiger partial charge in [0.1, 0.15) is 11.2 Å². The molecule has 0 aliphatic carbocycles. The Balaban J connectivity index is 4.01. The Morgan fingerprint density at radius 1 is 1.36 bits per heavy atom. The average Bonchev–Trinajstić information content (AvgIpc) is 2.01. The summed E-state index contributed by atoms with van der Waals surface area (Å²) in [4.78, 5) is 21.8. The Labute approximate surface area is 90.6 Å². The number of ketones is 1. The monoisotopic (exact) mass is 218 g/mol. The molecular weight excluding hydrogens is 200 g/mol. The van der Waals surface area contributed by atoms with Gasteiger partial charge in [0.15, 0.2) is 0 Å². The molecule has 0 saturated carbocycles. The molecular formula is C10H18O3S. The van der Waals surface area contributed by atoms with E-state index < -0.39 is 5.44 Å². The Morgan fingerprint density at radius 3 is 2.29 bits per heavy atom. The predicted octanol–water partition coefficient (Wildman–Crippen LogP) is 2.20. The minimum absolute atomic E-state index is 0.0400. The number of rotatable bonds is 6. The number of carbonyl (C=O) groups is 2. The highest BCUT2D eigenvalue weighted by atomic mass is 32.1. The molecule has 0 spiro atoms. The molecule has 0 aromatic carbocycles. The van der Waals surface area contributed by atoms with Crippen LogP contribution >= 0.6 is 12.6 Å². The van der Waals surface area contributed by atoms with Gasteiger partial charge in [-0.25, -0.2) is 0 Å². The van der Waals surface area contributed by atoms with Crippen LogP contribution in [-0.4, -0.2) is 17.2 Å². The first-order chi connectivity index (χ1) is 6.47. The van der Waals surface area contributed by atoms with Crippen molar-refractivity contribution in [2.24, 2.45) is 5.92 Å². The molecule has 0 N–H and O–H groups in total. The van der Waals surface area contributed by atoms with Gasteiger partial charge in [0.05, 0.1) is 0 Å². The molecule has 4 heteroatoms. The summed E-state index contributed by atoms with van der Waals surface area (Å²) in [5.41, 5.74) is -0.465. The second-order valence-corrected chi connectivity index (χ2v) is 3.97. The quantitative estimate of drug-likeness (QED) is 0.422. The first-order valence-corrected chi connectivity index (χ1v) is 5.34. The van der Waals surface area contributed by atoms with Crippen molar-refractivity contribution in [2.75, 3.05) is 0 Å². The van der Waals surface area contributed by atoms with Crippen molar-refractivity contribution in [3.63, 3.8) is 0 Å². The van der Waals surface area contributed by atoms with Gasteiger partial charge in [-0.2, -0.15) is 0 Å². The van der Waals surface area contributed by atoms with E-state index in [-0.39, 0.29) is 17.7 Å². The maximum Gasteiger partial charge on any atom is 0.303 e. The summed E-state index contributed by atoms with van der Waals surface area (Å²) in [6.07, 6.45) is 2.28. The molecule has 0 aromatic heterocycles. The normalized spacial score (nSPS) is 14.6. The predicted molar refractivity (Wildman–Crippen MR) is 58.2 cm³/mol. The number of thiol groups is 1. The Morgan fingerprint density at radius 2 is 1.93 bits per heavy atom. The van der Waals surface area contributed by atoms with Crippen molar-refractivity contribution in [3.05, 3.63) is 0 Å². The second kappa shape index (κ2) is 6.87. The lowest BCUT2D eigenvalue weighted by Gasteiger charge is -2.17. The third-order valence-corrected chi connectivity index (χ3v) is 2.32. The van der Waals surface area contributed by atoms with Crippen LogP contribution in [0.2, 0.25) is 0 Å².